The molecule has 1 fully saturated rings. The number of allylic oxidation sites excluding steroid dienone is 2. The molecule has 0 bridgehead atoms. The summed E-state index contributed by atoms with van der Waals surface area (Å²) in [5, 5.41) is 13.8. The van der Waals surface area contributed by atoms with E-state index in [0.29, 0.717) is 0 Å². The van der Waals surface area contributed by atoms with Gasteiger partial charge in [0.2, 0.25) is 0 Å². The van der Waals surface area contributed by atoms with Crippen molar-refractivity contribution >= 4 is 26.8 Å². The number of aliphatic hydroxyl groups excluding tert-OH is 1. The van der Waals surface area contributed by atoms with Crippen LogP contribution in [0.25, 0.3) is 0 Å². The maximum absolute atomic E-state index is 12.1. The summed E-state index contributed by atoms with van der Waals surface area (Å²) in [5.41, 5.74) is 1.30. The Balaban J connectivity index is 1.88. The Morgan fingerprint density at radius 3 is 2.89 bits per heavy atom. The first kappa shape index (κ1) is 12.7. The van der Waals surface area contributed by atoms with Crippen LogP contribution in [0.3, 0.4) is 0 Å². The van der Waals surface area contributed by atoms with Gasteiger partial charge in [-0.25, -0.2) is 0 Å². The average molecular weight is 361 g/mol. The number of carbonyl (C=O) groups excluding carboxylic acids is 1. The Morgan fingerprint density at radius 2 is 2.33 bits per heavy atom. The molecule has 2 heterocycles. The van der Waals surface area contributed by atoms with Crippen molar-refractivity contribution in [1.29, 1.82) is 0 Å². The van der Waals surface area contributed by atoms with Crippen LogP contribution in [0.4, 0.5) is 0 Å². The van der Waals surface area contributed by atoms with Crippen LogP contribution in [-0.4, -0.2) is 44.1 Å². The minimum atomic E-state index is -0.589. The Labute approximate surface area is 118 Å². The molecule has 18 heavy (non-hydrogen) atoms. The molecular weight excluding hydrogens is 342 g/mol. The van der Waals surface area contributed by atoms with E-state index in [-0.39, 0.29) is 17.9 Å². The van der Waals surface area contributed by atoms with Crippen LogP contribution >= 0.6 is 0 Å². The number of carbonyl (C=O) groups is 1. The molecule has 0 aromatic rings. The molecule has 0 radical (unpaired) electrons. The van der Waals surface area contributed by atoms with E-state index in [1.54, 1.807) is 0 Å². The van der Waals surface area contributed by atoms with Crippen LogP contribution in [0.2, 0.25) is 3.46 Å². The van der Waals surface area contributed by atoms with Crippen LogP contribution in [0.15, 0.2) is 21.3 Å². The molecule has 3 aliphatic rings. The van der Waals surface area contributed by atoms with Crippen LogP contribution in [0.5, 0.6) is 0 Å². The summed E-state index contributed by atoms with van der Waals surface area (Å²) in [4.78, 5) is 12.1. The van der Waals surface area contributed by atoms with Crippen LogP contribution in [0, 0.1) is 5.92 Å². The normalized spacial score (nSPS) is 40.3. The molecule has 4 heteroatoms. The molecule has 1 amide bonds. The second-order valence-corrected chi connectivity index (χ2v) is 9.77. The van der Waals surface area contributed by atoms with Crippen molar-refractivity contribution in [2.24, 2.45) is 5.92 Å². The molecule has 2 aliphatic heterocycles. The first-order valence-corrected chi connectivity index (χ1v) is 8.92. The van der Waals surface area contributed by atoms with Crippen LogP contribution < -0.4 is 5.32 Å². The molecule has 3 rings (SSSR count). The van der Waals surface area contributed by atoms with E-state index in [0.717, 1.165) is 19.3 Å². The predicted octanol–water partition coefficient (Wildman–Crippen LogP) is 1.37. The average Bonchev–Trinajstić information content (AvgIpc) is 2.60. The standard InChI is InChI=1S/C14H19NO2Te/c1-8-9(2)18-14(11(8)15-13(14)17)12(16)10-6-4-3-5-7-10/h4,6,10-12,16H,3,5,7H2,1-2H3,(H,15,17)/t10?,11-,12-,14-/m0/s1. The van der Waals surface area contributed by atoms with Gasteiger partial charge < -0.3 is 0 Å². The van der Waals surface area contributed by atoms with E-state index in [4.69, 9.17) is 0 Å². The molecule has 1 saturated heterocycles. The summed E-state index contributed by atoms with van der Waals surface area (Å²) in [6, 6.07) is 0.123. The number of β-lactam (4-membered cyclic amide) rings is 1. The van der Waals surface area contributed by atoms with E-state index in [2.05, 4.69) is 31.3 Å². The van der Waals surface area contributed by atoms with Gasteiger partial charge in [-0.2, -0.15) is 0 Å². The Bertz CT molecular complexity index is 457. The quantitative estimate of drug-likeness (QED) is 0.444. The zero-order valence-corrected chi connectivity index (χ0v) is 13.1. The van der Waals surface area contributed by atoms with E-state index in [1.807, 2.05) is 0 Å². The van der Waals surface area contributed by atoms with Crippen molar-refractivity contribution in [2.75, 3.05) is 0 Å². The fourth-order valence-corrected chi connectivity index (χ4v) is 7.79. The van der Waals surface area contributed by atoms with Gasteiger partial charge in [-0.3, -0.25) is 0 Å². The molecule has 0 spiro atoms. The van der Waals surface area contributed by atoms with Gasteiger partial charge >= 0.3 is 118 Å². The Hall–Kier alpha value is -0.300. The van der Waals surface area contributed by atoms with E-state index >= 15 is 0 Å². The van der Waals surface area contributed by atoms with Crippen molar-refractivity contribution in [2.45, 2.75) is 48.7 Å². The fourth-order valence-electron chi connectivity index (χ4n) is 3.26. The number of aliphatic hydroxyl groups is 1. The summed E-state index contributed by atoms with van der Waals surface area (Å²) in [6.07, 6.45) is 7.06. The van der Waals surface area contributed by atoms with E-state index in [9.17, 15) is 9.90 Å². The molecule has 3 nitrogen and oxygen atoms in total. The van der Waals surface area contributed by atoms with Crippen LogP contribution in [-0.2, 0) is 4.79 Å². The third kappa shape index (κ3) is 1.56. The van der Waals surface area contributed by atoms with Crippen LogP contribution in [0.1, 0.15) is 33.1 Å². The number of nitrogens with one attached hydrogen (secondary N) is 1. The summed E-state index contributed by atoms with van der Waals surface area (Å²) < 4.78 is 0.952. The van der Waals surface area contributed by atoms with Gasteiger partial charge in [-0.1, -0.05) is 0 Å². The summed E-state index contributed by atoms with van der Waals surface area (Å²) in [6.45, 7) is 4.24. The third-order valence-corrected chi connectivity index (χ3v) is 9.15. The Kier molecular flexibility index (Phi) is 3.09. The molecular formula is C14H19NO2Te. The molecule has 0 aromatic heterocycles. The second-order valence-electron chi connectivity index (χ2n) is 5.51. The first-order valence-electron chi connectivity index (χ1n) is 6.59. The SMILES string of the molecule is CC1=C(C)[C@@H]2NC(=O)[C@]2([C@@H](O)C2C=CCCC2)[Te]1. The van der Waals surface area contributed by atoms with Gasteiger partial charge in [0.1, 0.15) is 0 Å². The van der Waals surface area contributed by atoms with E-state index in [1.165, 1.54) is 9.19 Å². The number of rotatable bonds is 2. The number of hydrogen-bond acceptors (Lipinski definition) is 2. The number of amides is 1. The summed E-state index contributed by atoms with van der Waals surface area (Å²) >= 11 is -0.589. The molecule has 1 aliphatic carbocycles. The fraction of sp³-hybridized carbons (Fsp3) is 0.643. The third-order valence-electron chi connectivity index (χ3n) is 4.51. The van der Waals surface area contributed by atoms with Crippen molar-refractivity contribution < 1.29 is 9.90 Å². The molecule has 0 aromatic carbocycles. The summed E-state index contributed by atoms with van der Waals surface area (Å²) in [7, 11) is 0. The number of hydrogen-bond donors (Lipinski definition) is 2. The molecule has 4 atom stereocenters. The zero-order valence-electron chi connectivity index (χ0n) is 10.8. The van der Waals surface area contributed by atoms with Gasteiger partial charge in [0, 0.05) is 0 Å². The molecule has 0 saturated carbocycles. The van der Waals surface area contributed by atoms with E-state index < -0.39 is 30.5 Å². The first-order chi connectivity index (χ1) is 8.57. The van der Waals surface area contributed by atoms with Crippen molar-refractivity contribution in [1.82, 2.24) is 5.32 Å². The molecule has 1 unspecified atom stereocenters. The van der Waals surface area contributed by atoms with Gasteiger partial charge in [0.25, 0.3) is 0 Å². The number of fused-ring (bicyclic) bond motifs is 1. The molecule has 2 N–H and O–H groups in total. The Morgan fingerprint density at radius 1 is 1.56 bits per heavy atom. The van der Waals surface area contributed by atoms with Gasteiger partial charge in [0.05, 0.1) is 0 Å². The van der Waals surface area contributed by atoms with Crippen molar-refractivity contribution in [3.05, 3.63) is 21.3 Å². The minimum absolute atomic E-state index is 0.0950. The van der Waals surface area contributed by atoms with Gasteiger partial charge in [0.15, 0.2) is 0 Å². The van der Waals surface area contributed by atoms with Crippen molar-refractivity contribution in [3.8, 4) is 0 Å². The van der Waals surface area contributed by atoms with Gasteiger partial charge in [-0.05, 0) is 0 Å². The van der Waals surface area contributed by atoms with Gasteiger partial charge in [-0.15, -0.1) is 0 Å². The monoisotopic (exact) mass is 363 g/mol. The predicted molar refractivity (Wildman–Crippen MR) is 71.2 cm³/mol. The topological polar surface area (TPSA) is 49.3 Å². The zero-order chi connectivity index (χ0) is 12.9. The van der Waals surface area contributed by atoms with Crippen molar-refractivity contribution in [3.63, 3.8) is 0 Å². The maximum atomic E-state index is 12.1. The summed E-state index contributed by atoms with van der Waals surface area (Å²) in [5.74, 6) is 0.272. The molecule has 98 valence electrons. The second kappa shape index (κ2) is 4.37.